The van der Waals surface area contributed by atoms with Gasteiger partial charge in [0.15, 0.2) is 11.6 Å². The number of methoxy groups -OCH3 is 1. The second-order valence-corrected chi connectivity index (χ2v) is 8.40. The number of nitrogens with one attached hydrogen (secondary N) is 2. The van der Waals surface area contributed by atoms with E-state index < -0.39 is 0 Å². The van der Waals surface area contributed by atoms with E-state index in [9.17, 15) is 0 Å². The van der Waals surface area contributed by atoms with Crippen molar-refractivity contribution in [1.29, 1.82) is 0 Å². The van der Waals surface area contributed by atoms with E-state index in [4.69, 9.17) is 15.0 Å². The summed E-state index contributed by atoms with van der Waals surface area (Å²) in [6, 6.07) is 16.2. The Hall–Kier alpha value is -4.27. The lowest BCUT2D eigenvalue weighted by atomic mass is 10.1. The van der Waals surface area contributed by atoms with Crippen LogP contribution in [0.25, 0.3) is 21.9 Å². The van der Waals surface area contributed by atoms with Gasteiger partial charge in [-0.05, 0) is 30.2 Å². The number of fused-ring (bicyclic) bond motifs is 3. The highest BCUT2D eigenvalue weighted by molar-refractivity contribution is 6.09. The molecule has 35 heavy (non-hydrogen) atoms. The molecular weight excluding hydrogens is 442 g/mol. The number of nitrogens with two attached hydrogens (primary N) is 1. The van der Waals surface area contributed by atoms with Crippen LogP contribution in [0.15, 0.2) is 59.3 Å². The van der Waals surface area contributed by atoms with Gasteiger partial charge in [0.25, 0.3) is 0 Å². The summed E-state index contributed by atoms with van der Waals surface area (Å²) in [6.45, 7) is 4.18. The Balaban J connectivity index is 1.59. The summed E-state index contributed by atoms with van der Waals surface area (Å²) < 4.78 is 12.9. The highest BCUT2D eigenvalue weighted by Gasteiger charge is 2.19. The molecule has 0 spiro atoms. The van der Waals surface area contributed by atoms with Crippen molar-refractivity contribution in [2.45, 2.75) is 32.9 Å². The summed E-state index contributed by atoms with van der Waals surface area (Å²) in [5.41, 5.74) is 11.1. The van der Waals surface area contributed by atoms with E-state index in [1.807, 2.05) is 24.3 Å². The van der Waals surface area contributed by atoms with Crippen molar-refractivity contribution in [2.75, 3.05) is 30.0 Å². The molecule has 0 aliphatic heterocycles. The van der Waals surface area contributed by atoms with Crippen molar-refractivity contribution in [3.8, 4) is 5.75 Å². The molecule has 180 valence electrons. The van der Waals surface area contributed by atoms with Gasteiger partial charge in [0, 0.05) is 30.1 Å². The molecule has 0 unspecified atom stereocenters. The van der Waals surface area contributed by atoms with Crippen molar-refractivity contribution in [2.24, 2.45) is 0 Å². The molecule has 0 fully saturated rings. The highest BCUT2D eigenvalue weighted by Crippen LogP contribution is 2.34. The fourth-order valence-corrected chi connectivity index (χ4v) is 4.35. The molecule has 5 aromatic rings. The molecule has 0 saturated carbocycles. The fourth-order valence-electron chi connectivity index (χ4n) is 4.35. The topological polar surface area (TPSA) is 116 Å². The van der Waals surface area contributed by atoms with Crippen molar-refractivity contribution < 1.29 is 9.26 Å². The molecule has 4 N–H and O–H groups in total. The number of nitrogen functional groups attached to an aromatic ring is 1. The zero-order chi connectivity index (χ0) is 24.2. The van der Waals surface area contributed by atoms with E-state index >= 15 is 0 Å². The van der Waals surface area contributed by atoms with Crippen molar-refractivity contribution >= 4 is 39.5 Å². The zero-order valence-electron chi connectivity index (χ0n) is 19.9. The fraction of sp³-hybridized carbons (Fsp3) is 0.269. The predicted octanol–water partition coefficient (Wildman–Crippen LogP) is 5.04. The van der Waals surface area contributed by atoms with E-state index in [1.54, 1.807) is 19.4 Å². The molecule has 2 aromatic carbocycles. The Morgan fingerprint density at radius 1 is 1.09 bits per heavy atom. The minimum atomic E-state index is 0.262. The van der Waals surface area contributed by atoms with Gasteiger partial charge in [-0.2, -0.15) is 4.98 Å². The molecule has 0 bridgehead atoms. The van der Waals surface area contributed by atoms with Crippen LogP contribution in [0, 0.1) is 0 Å². The first kappa shape index (κ1) is 22.5. The van der Waals surface area contributed by atoms with Crippen molar-refractivity contribution in [3.05, 3.63) is 65.9 Å². The number of rotatable bonds is 10. The van der Waals surface area contributed by atoms with E-state index in [-0.39, 0.29) is 5.95 Å². The average Bonchev–Trinajstić information content (AvgIpc) is 3.50. The molecule has 0 saturated heterocycles. The van der Waals surface area contributed by atoms with Gasteiger partial charge in [0.1, 0.15) is 23.0 Å². The van der Waals surface area contributed by atoms with Gasteiger partial charge >= 0.3 is 0 Å². The van der Waals surface area contributed by atoms with Crippen LogP contribution >= 0.6 is 0 Å². The number of ether oxygens (including phenoxy) is 1. The van der Waals surface area contributed by atoms with Crippen LogP contribution in [0.4, 0.5) is 17.6 Å². The van der Waals surface area contributed by atoms with Gasteiger partial charge in [-0.15, -0.1) is 0 Å². The number of aromatic nitrogens is 4. The first-order valence-corrected chi connectivity index (χ1v) is 11.8. The van der Waals surface area contributed by atoms with Gasteiger partial charge < -0.3 is 30.2 Å². The van der Waals surface area contributed by atoms with Gasteiger partial charge in [-0.3, -0.25) is 0 Å². The molecule has 0 amide bonds. The quantitative estimate of drug-likeness (QED) is 0.243. The van der Waals surface area contributed by atoms with Gasteiger partial charge in [0.2, 0.25) is 5.95 Å². The lowest BCUT2D eigenvalue weighted by Crippen LogP contribution is -2.10. The molecule has 9 heteroatoms. The number of nitrogens with zero attached hydrogens (tertiary/aromatic N) is 4. The summed E-state index contributed by atoms with van der Waals surface area (Å²) in [5.74, 6) is 2.53. The Kier molecular flexibility index (Phi) is 6.38. The molecule has 9 nitrogen and oxygen atoms in total. The second-order valence-electron chi connectivity index (χ2n) is 8.40. The second kappa shape index (κ2) is 9.92. The van der Waals surface area contributed by atoms with Crippen molar-refractivity contribution in [1.82, 2.24) is 19.7 Å². The lowest BCUT2D eigenvalue weighted by molar-refractivity contribution is 0.408. The summed E-state index contributed by atoms with van der Waals surface area (Å²) >= 11 is 0. The summed E-state index contributed by atoms with van der Waals surface area (Å²) in [6.07, 6.45) is 3.68. The smallest absolute Gasteiger partial charge is 0.222 e. The third-order valence-corrected chi connectivity index (χ3v) is 6.03. The molecule has 0 atom stereocenters. The minimum Gasteiger partial charge on any atom is -0.496 e. The molecule has 0 aliphatic rings. The highest BCUT2D eigenvalue weighted by atomic mass is 16.5. The molecule has 0 radical (unpaired) electrons. The van der Waals surface area contributed by atoms with Crippen LogP contribution in [0.1, 0.15) is 30.9 Å². The SMILES string of the molecule is CCCCNc1nc(N)nc2c3ccccc3n(Cc3cc(CNc4ccon4)ccc3OC)c12. The minimum absolute atomic E-state index is 0.262. The molecule has 3 heterocycles. The Morgan fingerprint density at radius 3 is 2.77 bits per heavy atom. The van der Waals surface area contributed by atoms with Crippen LogP contribution in [0.3, 0.4) is 0 Å². The number of anilines is 3. The van der Waals surface area contributed by atoms with Crippen LogP contribution in [-0.2, 0) is 13.1 Å². The van der Waals surface area contributed by atoms with E-state index in [0.717, 1.165) is 64.0 Å². The predicted molar refractivity (Wildman–Crippen MR) is 139 cm³/mol. The van der Waals surface area contributed by atoms with E-state index in [1.165, 1.54) is 0 Å². The molecule has 5 rings (SSSR count). The molecule has 0 aliphatic carbocycles. The normalized spacial score (nSPS) is 11.3. The van der Waals surface area contributed by atoms with Crippen LogP contribution in [-0.4, -0.2) is 33.3 Å². The van der Waals surface area contributed by atoms with Gasteiger partial charge in [0.05, 0.1) is 19.2 Å². The van der Waals surface area contributed by atoms with Gasteiger partial charge in [-0.1, -0.05) is 42.8 Å². The largest absolute Gasteiger partial charge is 0.496 e. The summed E-state index contributed by atoms with van der Waals surface area (Å²) in [5, 5.41) is 11.7. The Morgan fingerprint density at radius 2 is 1.97 bits per heavy atom. The van der Waals surface area contributed by atoms with Crippen LogP contribution in [0.5, 0.6) is 5.75 Å². The van der Waals surface area contributed by atoms with E-state index in [0.29, 0.717) is 18.9 Å². The maximum absolute atomic E-state index is 6.11. The standard InChI is InChI=1S/C26H29N7O2/c1-3-4-12-28-25-24-23(30-26(27)31-25)19-7-5-6-8-20(19)33(24)16-18-14-17(9-10-21(18)34-2)15-29-22-11-13-35-32-22/h5-11,13-14H,3-4,12,15-16H2,1-2H3,(H,29,32)(H3,27,28,30,31). The first-order chi connectivity index (χ1) is 17.2. The number of para-hydroxylation sites is 1. The maximum atomic E-state index is 6.11. The zero-order valence-corrected chi connectivity index (χ0v) is 19.9. The number of benzene rings is 2. The monoisotopic (exact) mass is 471 g/mol. The van der Waals surface area contributed by atoms with Crippen molar-refractivity contribution in [3.63, 3.8) is 0 Å². The lowest BCUT2D eigenvalue weighted by Gasteiger charge is -2.15. The van der Waals surface area contributed by atoms with Crippen LogP contribution < -0.4 is 21.1 Å². The number of hydrogen-bond donors (Lipinski definition) is 3. The first-order valence-electron chi connectivity index (χ1n) is 11.8. The third kappa shape index (κ3) is 4.57. The van der Waals surface area contributed by atoms with Crippen LogP contribution in [0.2, 0.25) is 0 Å². The number of hydrogen-bond acceptors (Lipinski definition) is 8. The van der Waals surface area contributed by atoms with E-state index in [2.05, 4.69) is 55.4 Å². The van der Waals surface area contributed by atoms with Gasteiger partial charge in [-0.25, -0.2) is 4.98 Å². The molecular formula is C26H29N7O2. The Labute approximate surface area is 203 Å². The maximum Gasteiger partial charge on any atom is 0.222 e. The third-order valence-electron chi connectivity index (χ3n) is 6.03. The molecule has 3 aromatic heterocycles. The summed E-state index contributed by atoms with van der Waals surface area (Å²) in [7, 11) is 1.69. The Bertz CT molecular complexity index is 1440. The summed E-state index contributed by atoms with van der Waals surface area (Å²) in [4.78, 5) is 9.19. The average molecular weight is 472 g/mol. The number of unbranched alkanes of at least 4 members (excludes halogenated alkanes) is 1.